The second-order valence-corrected chi connectivity index (χ2v) is 5.84. The first kappa shape index (κ1) is 15.6. The third kappa shape index (κ3) is 4.11. The van der Waals surface area contributed by atoms with Crippen molar-refractivity contribution in [2.75, 3.05) is 5.32 Å². The molecule has 0 aromatic heterocycles. The number of para-hydroxylation sites is 1. The molecule has 0 bridgehead atoms. The van der Waals surface area contributed by atoms with E-state index in [-0.39, 0.29) is 18.0 Å². The van der Waals surface area contributed by atoms with Crippen LogP contribution in [0, 0.1) is 12.8 Å². The van der Waals surface area contributed by atoms with Crippen LogP contribution >= 0.6 is 11.6 Å². The van der Waals surface area contributed by atoms with Gasteiger partial charge in [0.2, 0.25) is 0 Å². The quantitative estimate of drug-likeness (QED) is 0.800. The predicted octanol–water partition coefficient (Wildman–Crippen LogP) is 3.41. The molecule has 114 valence electrons. The number of carboxylic acids is 1. The average Bonchev–Trinajstić information content (AvgIpc) is 2.43. The van der Waals surface area contributed by atoms with Gasteiger partial charge in [-0.25, -0.2) is 4.79 Å². The lowest BCUT2D eigenvalue weighted by molar-refractivity contribution is -0.143. The summed E-state index contributed by atoms with van der Waals surface area (Å²) in [6.07, 6.45) is 2.77. The molecule has 5 nitrogen and oxygen atoms in total. The molecular formula is C15H19ClN2O3. The van der Waals surface area contributed by atoms with Crippen molar-refractivity contribution in [2.45, 2.75) is 38.6 Å². The second kappa shape index (κ2) is 6.80. The van der Waals surface area contributed by atoms with Gasteiger partial charge in [-0.3, -0.25) is 4.79 Å². The molecule has 1 aromatic rings. The van der Waals surface area contributed by atoms with Gasteiger partial charge in [0.15, 0.2) is 0 Å². The number of carbonyl (C=O) groups excluding carboxylic acids is 1. The first-order valence-corrected chi connectivity index (χ1v) is 7.40. The number of hydrogen-bond donors (Lipinski definition) is 3. The molecule has 6 heteroatoms. The molecule has 2 rings (SSSR count). The third-order valence-corrected chi connectivity index (χ3v) is 4.13. The lowest BCUT2D eigenvalue weighted by Crippen LogP contribution is -2.42. The number of carbonyl (C=O) groups is 2. The van der Waals surface area contributed by atoms with E-state index in [2.05, 4.69) is 10.6 Å². The number of aliphatic carboxylic acids is 1. The van der Waals surface area contributed by atoms with E-state index in [1.807, 2.05) is 19.1 Å². The van der Waals surface area contributed by atoms with Gasteiger partial charge in [-0.15, -0.1) is 0 Å². The molecule has 0 saturated heterocycles. The van der Waals surface area contributed by atoms with Gasteiger partial charge in [-0.1, -0.05) is 30.2 Å². The van der Waals surface area contributed by atoms with Crippen LogP contribution < -0.4 is 10.6 Å². The van der Waals surface area contributed by atoms with Crippen molar-refractivity contribution in [2.24, 2.45) is 5.92 Å². The van der Waals surface area contributed by atoms with Crippen molar-refractivity contribution in [3.05, 3.63) is 28.8 Å². The first-order chi connectivity index (χ1) is 9.97. The first-order valence-electron chi connectivity index (χ1n) is 7.03. The highest BCUT2D eigenvalue weighted by Crippen LogP contribution is 2.26. The molecule has 2 amide bonds. The van der Waals surface area contributed by atoms with Gasteiger partial charge < -0.3 is 15.7 Å². The number of halogens is 1. The molecule has 0 spiro atoms. The predicted molar refractivity (Wildman–Crippen MR) is 81.7 cm³/mol. The summed E-state index contributed by atoms with van der Waals surface area (Å²) in [6.45, 7) is 1.86. The zero-order valence-electron chi connectivity index (χ0n) is 11.9. The van der Waals surface area contributed by atoms with Crippen LogP contribution in [0.15, 0.2) is 18.2 Å². The summed E-state index contributed by atoms with van der Waals surface area (Å²) >= 11 is 6.06. The Kier molecular flexibility index (Phi) is 5.07. The van der Waals surface area contributed by atoms with Crippen molar-refractivity contribution < 1.29 is 14.7 Å². The highest BCUT2D eigenvalue weighted by Gasteiger charge is 2.27. The number of anilines is 1. The maximum atomic E-state index is 12.0. The molecule has 3 N–H and O–H groups in total. The van der Waals surface area contributed by atoms with Crippen molar-refractivity contribution in [1.82, 2.24) is 5.32 Å². The Morgan fingerprint density at radius 2 is 2.10 bits per heavy atom. The summed E-state index contributed by atoms with van der Waals surface area (Å²) in [7, 11) is 0. The van der Waals surface area contributed by atoms with Crippen molar-refractivity contribution in [3.63, 3.8) is 0 Å². The Morgan fingerprint density at radius 1 is 1.33 bits per heavy atom. The highest BCUT2D eigenvalue weighted by atomic mass is 35.5. The molecule has 1 aliphatic rings. The lowest BCUT2D eigenvalue weighted by Gasteiger charge is -2.27. The maximum absolute atomic E-state index is 12.0. The summed E-state index contributed by atoms with van der Waals surface area (Å²) < 4.78 is 0. The van der Waals surface area contributed by atoms with Gasteiger partial charge in [0.05, 0.1) is 16.6 Å². The number of urea groups is 1. The zero-order valence-corrected chi connectivity index (χ0v) is 12.6. The fraction of sp³-hybridized carbons (Fsp3) is 0.467. The number of amides is 2. The minimum absolute atomic E-state index is 0.109. The summed E-state index contributed by atoms with van der Waals surface area (Å²) in [4.78, 5) is 23.1. The minimum atomic E-state index is -0.788. The summed E-state index contributed by atoms with van der Waals surface area (Å²) in [6, 6.07) is 4.94. The number of rotatable bonds is 3. The molecule has 1 fully saturated rings. The number of carboxylic acid groups (broad SMARTS) is 1. The molecule has 2 atom stereocenters. The van der Waals surface area contributed by atoms with Crippen molar-refractivity contribution in [3.8, 4) is 0 Å². The van der Waals surface area contributed by atoms with Gasteiger partial charge in [-0.05, 0) is 37.8 Å². The molecule has 1 saturated carbocycles. The van der Waals surface area contributed by atoms with E-state index in [4.69, 9.17) is 16.7 Å². The average molecular weight is 311 g/mol. The number of aryl methyl sites for hydroxylation is 1. The monoisotopic (exact) mass is 310 g/mol. The van der Waals surface area contributed by atoms with Crippen molar-refractivity contribution >= 4 is 29.3 Å². The summed E-state index contributed by atoms with van der Waals surface area (Å²) in [5, 5.41) is 15.1. The van der Waals surface area contributed by atoms with Crippen LogP contribution in [0.4, 0.5) is 10.5 Å². The normalized spacial score (nSPS) is 21.6. The van der Waals surface area contributed by atoms with Gasteiger partial charge in [-0.2, -0.15) is 0 Å². The number of hydrogen-bond acceptors (Lipinski definition) is 2. The van der Waals surface area contributed by atoms with Gasteiger partial charge in [0.25, 0.3) is 0 Å². The number of nitrogens with one attached hydrogen (secondary N) is 2. The van der Waals surface area contributed by atoms with Crippen LogP contribution in [0.2, 0.25) is 5.02 Å². The van der Waals surface area contributed by atoms with E-state index in [0.717, 1.165) is 18.4 Å². The number of benzene rings is 1. The molecular weight excluding hydrogens is 292 g/mol. The molecule has 1 aliphatic carbocycles. The van der Waals surface area contributed by atoms with Crippen LogP contribution in [-0.2, 0) is 4.79 Å². The van der Waals surface area contributed by atoms with Crippen LogP contribution in [0.3, 0.4) is 0 Å². The lowest BCUT2D eigenvalue weighted by atomic mass is 9.86. The fourth-order valence-electron chi connectivity index (χ4n) is 2.67. The molecule has 1 aromatic carbocycles. The summed E-state index contributed by atoms with van der Waals surface area (Å²) in [5.41, 5.74) is 1.46. The topological polar surface area (TPSA) is 78.4 Å². The van der Waals surface area contributed by atoms with E-state index < -0.39 is 5.97 Å². The fourth-order valence-corrected chi connectivity index (χ4v) is 2.94. The van der Waals surface area contributed by atoms with E-state index in [1.54, 1.807) is 6.07 Å². The Balaban J connectivity index is 1.94. The standard InChI is InChI=1S/C15H19ClN2O3/c1-9-4-2-7-12(16)13(9)18-15(21)17-11-6-3-5-10(8-11)14(19)20/h2,4,7,10-11H,3,5-6,8H2,1H3,(H,19,20)(H2,17,18,21). The molecule has 2 unspecified atom stereocenters. The van der Waals surface area contributed by atoms with E-state index in [1.165, 1.54) is 0 Å². The highest BCUT2D eigenvalue weighted by molar-refractivity contribution is 6.33. The summed E-state index contributed by atoms with van der Waals surface area (Å²) in [5.74, 6) is -1.16. The molecule has 0 aliphatic heterocycles. The molecule has 21 heavy (non-hydrogen) atoms. The Hall–Kier alpha value is -1.75. The van der Waals surface area contributed by atoms with Gasteiger partial charge in [0.1, 0.15) is 0 Å². The Morgan fingerprint density at radius 3 is 2.76 bits per heavy atom. The Labute approximate surface area is 128 Å². The zero-order chi connectivity index (χ0) is 15.4. The van der Waals surface area contributed by atoms with Crippen molar-refractivity contribution in [1.29, 1.82) is 0 Å². The molecule has 0 heterocycles. The van der Waals surface area contributed by atoms with Crippen LogP contribution in [0.5, 0.6) is 0 Å². The van der Waals surface area contributed by atoms with Gasteiger partial charge in [0, 0.05) is 6.04 Å². The smallest absolute Gasteiger partial charge is 0.319 e. The van der Waals surface area contributed by atoms with Gasteiger partial charge >= 0.3 is 12.0 Å². The third-order valence-electron chi connectivity index (χ3n) is 3.82. The maximum Gasteiger partial charge on any atom is 0.319 e. The second-order valence-electron chi connectivity index (χ2n) is 5.43. The SMILES string of the molecule is Cc1cccc(Cl)c1NC(=O)NC1CCCC(C(=O)O)C1. The molecule has 0 radical (unpaired) electrons. The van der Waals surface area contributed by atoms with E-state index in [0.29, 0.717) is 23.6 Å². The minimum Gasteiger partial charge on any atom is -0.481 e. The Bertz CT molecular complexity index is 527. The van der Waals surface area contributed by atoms with E-state index >= 15 is 0 Å². The van der Waals surface area contributed by atoms with Crippen LogP contribution in [0.1, 0.15) is 31.2 Å². The largest absolute Gasteiger partial charge is 0.481 e. The van der Waals surface area contributed by atoms with Crippen LogP contribution in [-0.4, -0.2) is 23.1 Å². The van der Waals surface area contributed by atoms with E-state index in [9.17, 15) is 9.59 Å². The van der Waals surface area contributed by atoms with Crippen LogP contribution in [0.25, 0.3) is 0 Å².